The molecule has 0 spiro atoms. The van der Waals surface area contributed by atoms with Crippen molar-refractivity contribution >= 4 is 28.4 Å². The Morgan fingerprint density at radius 2 is 0.744 bits per heavy atom. The van der Waals surface area contributed by atoms with Crippen molar-refractivity contribution in [3.63, 3.8) is 0 Å². The third-order valence-electron chi connectivity index (χ3n) is 7.09. The summed E-state index contributed by atoms with van der Waals surface area (Å²) in [4.78, 5) is 4.54. The lowest BCUT2D eigenvalue weighted by molar-refractivity contribution is 1.21. The van der Waals surface area contributed by atoms with Gasteiger partial charge in [0.25, 0.3) is 0 Å². The van der Waals surface area contributed by atoms with Crippen LogP contribution in [0.5, 0.6) is 0 Å². The van der Waals surface area contributed by atoms with Crippen LogP contribution in [0.25, 0.3) is 22.3 Å². The Morgan fingerprint density at radius 3 is 1.28 bits per heavy atom. The van der Waals surface area contributed by atoms with Crippen molar-refractivity contribution in [3.05, 3.63) is 164 Å². The van der Waals surface area contributed by atoms with Crippen molar-refractivity contribution in [3.8, 4) is 22.3 Å². The van der Waals surface area contributed by atoms with E-state index in [1.165, 1.54) is 27.9 Å². The molecular formula is C37H30N2. The van der Waals surface area contributed by atoms with Gasteiger partial charge in [0.1, 0.15) is 0 Å². The summed E-state index contributed by atoms with van der Waals surface area (Å²) < 4.78 is 0. The van der Waals surface area contributed by atoms with E-state index in [2.05, 4.69) is 181 Å². The number of nitrogens with zero attached hydrogens (tertiary/aromatic N) is 2. The van der Waals surface area contributed by atoms with E-state index in [4.69, 9.17) is 0 Å². The Bertz CT molecular complexity index is 1590. The van der Waals surface area contributed by atoms with Gasteiger partial charge in [0.15, 0.2) is 0 Å². The van der Waals surface area contributed by atoms with Gasteiger partial charge in [-0.05, 0) is 71.3 Å². The number of benzene rings is 6. The summed E-state index contributed by atoms with van der Waals surface area (Å²) in [5.74, 6) is 0. The maximum atomic E-state index is 2.28. The molecule has 6 rings (SSSR count). The fraction of sp³-hybridized carbons (Fsp3) is 0.0270. The molecule has 188 valence electrons. The van der Waals surface area contributed by atoms with Crippen LogP contribution in [0.2, 0.25) is 0 Å². The van der Waals surface area contributed by atoms with Gasteiger partial charge in [-0.15, -0.1) is 0 Å². The molecule has 0 radical (unpaired) electrons. The lowest BCUT2D eigenvalue weighted by Crippen LogP contribution is -2.10. The molecule has 6 aromatic carbocycles. The zero-order chi connectivity index (χ0) is 26.4. The number of rotatable bonds is 7. The molecule has 0 saturated carbocycles. The van der Waals surface area contributed by atoms with Crippen molar-refractivity contribution in [2.45, 2.75) is 0 Å². The molecule has 0 amide bonds. The molecule has 0 aliphatic rings. The number of hydrogen-bond acceptors (Lipinski definition) is 2. The molecule has 0 unspecified atom stereocenters. The van der Waals surface area contributed by atoms with E-state index in [9.17, 15) is 0 Å². The minimum atomic E-state index is 1.13. The van der Waals surface area contributed by atoms with E-state index in [1.54, 1.807) is 0 Å². The molecule has 0 aliphatic carbocycles. The summed E-state index contributed by atoms with van der Waals surface area (Å²) in [6.07, 6.45) is 0. The Labute approximate surface area is 231 Å². The van der Waals surface area contributed by atoms with Crippen molar-refractivity contribution in [1.29, 1.82) is 0 Å². The second-order valence-electron chi connectivity index (χ2n) is 9.54. The molecule has 2 nitrogen and oxygen atoms in total. The van der Waals surface area contributed by atoms with Gasteiger partial charge in [-0.3, -0.25) is 0 Å². The van der Waals surface area contributed by atoms with E-state index in [0.717, 1.165) is 22.7 Å². The van der Waals surface area contributed by atoms with Crippen LogP contribution in [0.15, 0.2) is 164 Å². The molecule has 0 fully saturated rings. The minimum absolute atomic E-state index is 1.13. The molecule has 0 heterocycles. The highest BCUT2D eigenvalue weighted by molar-refractivity contribution is 5.83. The molecular weight excluding hydrogens is 472 g/mol. The lowest BCUT2D eigenvalue weighted by atomic mass is 10.0. The monoisotopic (exact) mass is 502 g/mol. The molecule has 39 heavy (non-hydrogen) atoms. The summed E-state index contributed by atoms with van der Waals surface area (Å²) in [5.41, 5.74) is 10.6. The SMILES string of the molecule is CN(c1ccc(-c2ccc(N(c3ccccc3)c3ccccc3)cc2)cc1)c1ccccc1-c1ccccc1. The predicted octanol–water partition coefficient (Wildman–Crippen LogP) is 10.3. The van der Waals surface area contributed by atoms with Gasteiger partial charge >= 0.3 is 0 Å². The largest absolute Gasteiger partial charge is 0.344 e. The third kappa shape index (κ3) is 5.18. The average molecular weight is 503 g/mol. The minimum Gasteiger partial charge on any atom is -0.344 e. The number of hydrogen-bond donors (Lipinski definition) is 0. The van der Waals surface area contributed by atoms with Gasteiger partial charge in [-0.2, -0.15) is 0 Å². The van der Waals surface area contributed by atoms with Crippen LogP contribution < -0.4 is 9.80 Å². The first-order valence-corrected chi connectivity index (χ1v) is 13.3. The topological polar surface area (TPSA) is 6.48 Å². The highest BCUT2D eigenvalue weighted by atomic mass is 15.1. The smallest absolute Gasteiger partial charge is 0.0487 e. The quantitative estimate of drug-likeness (QED) is 0.214. The summed E-state index contributed by atoms with van der Waals surface area (Å²) >= 11 is 0. The fourth-order valence-corrected chi connectivity index (χ4v) is 5.05. The second-order valence-corrected chi connectivity index (χ2v) is 9.54. The van der Waals surface area contributed by atoms with Gasteiger partial charge in [0.2, 0.25) is 0 Å². The normalized spacial score (nSPS) is 10.7. The first kappa shape index (κ1) is 24.3. The van der Waals surface area contributed by atoms with Crippen LogP contribution in [0.1, 0.15) is 0 Å². The van der Waals surface area contributed by atoms with E-state index >= 15 is 0 Å². The van der Waals surface area contributed by atoms with Crippen LogP contribution in [-0.2, 0) is 0 Å². The second kappa shape index (κ2) is 11.1. The predicted molar refractivity (Wildman–Crippen MR) is 167 cm³/mol. The van der Waals surface area contributed by atoms with Crippen LogP contribution in [0.4, 0.5) is 28.4 Å². The Balaban J connectivity index is 1.26. The molecule has 0 N–H and O–H groups in total. The van der Waals surface area contributed by atoms with Crippen molar-refractivity contribution in [1.82, 2.24) is 0 Å². The molecule has 2 heteroatoms. The van der Waals surface area contributed by atoms with Crippen molar-refractivity contribution < 1.29 is 0 Å². The van der Waals surface area contributed by atoms with E-state index in [-0.39, 0.29) is 0 Å². The maximum Gasteiger partial charge on any atom is 0.0487 e. The van der Waals surface area contributed by atoms with Crippen molar-refractivity contribution in [2.24, 2.45) is 0 Å². The molecule has 0 bridgehead atoms. The molecule has 0 saturated heterocycles. The zero-order valence-corrected chi connectivity index (χ0v) is 22.0. The third-order valence-corrected chi connectivity index (χ3v) is 7.09. The number of anilines is 5. The Kier molecular flexibility index (Phi) is 6.92. The number of para-hydroxylation sites is 3. The summed E-state index contributed by atoms with van der Waals surface area (Å²) in [5, 5.41) is 0. The fourth-order valence-electron chi connectivity index (χ4n) is 5.05. The van der Waals surface area contributed by atoms with Crippen LogP contribution >= 0.6 is 0 Å². The standard InChI is InChI=1S/C37H30N2/c1-38(37-20-12-11-19-36(37)31-13-5-2-6-14-31)32-25-21-29(22-26-32)30-23-27-35(28-24-30)39(33-15-7-3-8-16-33)34-17-9-4-10-18-34/h2-28H,1H3. The van der Waals surface area contributed by atoms with Gasteiger partial charge in [-0.25, -0.2) is 0 Å². The first-order valence-electron chi connectivity index (χ1n) is 13.3. The van der Waals surface area contributed by atoms with Crippen LogP contribution in [-0.4, -0.2) is 7.05 Å². The molecule has 0 aliphatic heterocycles. The van der Waals surface area contributed by atoms with Gasteiger partial charge in [0.05, 0.1) is 0 Å². The molecule has 0 atom stereocenters. The van der Waals surface area contributed by atoms with Gasteiger partial charge in [0, 0.05) is 41.0 Å². The Hall–Kier alpha value is -5.08. The highest BCUT2D eigenvalue weighted by Crippen LogP contribution is 2.37. The summed E-state index contributed by atoms with van der Waals surface area (Å²) in [6, 6.07) is 57.8. The maximum absolute atomic E-state index is 2.28. The first-order chi connectivity index (χ1) is 19.3. The zero-order valence-electron chi connectivity index (χ0n) is 22.0. The van der Waals surface area contributed by atoms with E-state index in [1.807, 2.05) is 0 Å². The summed E-state index contributed by atoms with van der Waals surface area (Å²) in [7, 11) is 2.13. The van der Waals surface area contributed by atoms with E-state index < -0.39 is 0 Å². The Morgan fingerprint density at radius 1 is 0.333 bits per heavy atom. The average Bonchev–Trinajstić information content (AvgIpc) is 3.03. The highest BCUT2D eigenvalue weighted by Gasteiger charge is 2.13. The van der Waals surface area contributed by atoms with E-state index in [0.29, 0.717) is 0 Å². The summed E-state index contributed by atoms with van der Waals surface area (Å²) in [6.45, 7) is 0. The lowest BCUT2D eigenvalue weighted by Gasteiger charge is -2.25. The molecule has 6 aromatic rings. The molecule has 0 aromatic heterocycles. The van der Waals surface area contributed by atoms with Gasteiger partial charge in [-0.1, -0.05) is 109 Å². The van der Waals surface area contributed by atoms with Crippen LogP contribution in [0, 0.1) is 0 Å². The van der Waals surface area contributed by atoms with Crippen LogP contribution in [0.3, 0.4) is 0 Å². The van der Waals surface area contributed by atoms with Crippen molar-refractivity contribution in [2.75, 3.05) is 16.8 Å². The van der Waals surface area contributed by atoms with Gasteiger partial charge < -0.3 is 9.80 Å².